The molecule has 2 heteroatoms. The van der Waals surface area contributed by atoms with Crippen molar-refractivity contribution in [3.63, 3.8) is 0 Å². The number of rotatable bonds is 5. The van der Waals surface area contributed by atoms with E-state index in [9.17, 15) is 0 Å². The lowest BCUT2D eigenvalue weighted by molar-refractivity contribution is 0.287. The number of hydrogen-bond acceptors (Lipinski definition) is 2. The van der Waals surface area contributed by atoms with Crippen LogP contribution in [-0.2, 0) is 12.8 Å². The molecule has 1 aromatic rings. The first-order valence-corrected chi connectivity index (χ1v) is 9.50. The van der Waals surface area contributed by atoms with Crippen LogP contribution in [0.2, 0.25) is 0 Å². The summed E-state index contributed by atoms with van der Waals surface area (Å²) in [6.45, 7) is 8.28. The molecule has 0 aromatic heterocycles. The Bertz CT molecular complexity index is 494. The van der Waals surface area contributed by atoms with Crippen molar-refractivity contribution < 1.29 is 0 Å². The molecule has 1 nitrogen and oxygen atoms in total. The maximum Gasteiger partial charge on any atom is 0.0253 e. The van der Waals surface area contributed by atoms with E-state index < -0.39 is 0 Å². The topological polar surface area (TPSA) is 12.0 Å². The molecule has 0 saturated heterocycles. The van der Waals surface area contributed by atoms with Crippen molar-refractivity contribution in [1.29, 1.82) is 0 Å². The van der Waals surface area contributed by atoms with Gasteiger partial charge < -0.3 is 5.32 Å². The van der Waals surface area contributed by atoms with Gasteiger partial charge in [0, 0.05) is 16.2 Å². The summed E-state index contributed by atoms with van der Waals surface area (Å²) in [4.78, 5) is 1.49. The Morgan fingerprint density at radius 1 is 1.24 bits per heavy atom. The van der Waals surface area contributed by atoms with E-state index in [2.05, 4.69) is 56.0 Å². The minimum atomic E-state index is 0.434. The zero-order chi connectivity index (χ0) is 14.9. The molecule has 2 unspecified atom stereocenters. The van der Waals surface area contributed by atoms with Gasteiger partial charge in [0.05, 0.1) is 0 Å². The molecule has 1 fully saturated rings. The van der Waals surface area contributed by atoms with Gasteiger partial charge in [-0.3, -0.25) is 0 Å². The van der Waals surface area contributed by atoms with Crippen molar-refractivity contribution in [2.24, 2.45) is 5.41 Å². The van der Waals surface area contributed by atoms with E-state index in [1.807, 2.05) is 0 Å². The molecule has 0 amide bonds. The lowest BCUT2D eigenvalue weighted by atomic mass is 9.87. The van der Waals surface area contributed by atoms with Crippen molar-refractivity contribution in [2.45, 2.75) is 75.5 Å². The summed E-state index contributed by atoms with van der Waals surface area (Å²) in [5.74, 6) is 0. The standard InChI is InChI=1S/C19H29NS/c1-4-12-20-18-17(10-11-19(18,2)3)21-16-9-8-14-6-5-7-15(14)13-16/h8-9,13,17-18,20H,4-7,10-12H2,1-3H3. The summed E-state index contributed by atoms with van der Waals surface area (Å²) in [7, 11) is 0. The van der Waals surface area contributed by atoms with Gasteiger partial charge in [0.15, 0.2) is 0 Å². The van der Waals surface area contributed by atoms with Crippen LogP contribution in [0.3, 0.4) is 0 Å². The fourth-order valence-electron chi connectivity index (χ4n) is 3.97. The molecule has 2 aliphatic rings. The predicted molar refractivity (Wildman–Crippen MR) is 93.2 cm³/mol. The van der Waals surface area contributed by atoms with E-state index in [4.69, 9.17) is 0 Å². The second-order valence-corrected chi connectivity index (χ2v) is 8.71. The van der Waals surface area contributed by atoms with Crippen molar-refractivity contribution in [1.82, 2.24) is 5.32 Å². The molecule has 0 spiro atoms. The molecule has 116 valence electrons. The molecular weight excluding hydrogens is 274 g/mol. The summed E-state index contributed by atoms with van der Waals surface area (Å²) >= 11 is 2.12. The van der Waals surface area contributed by atoms with Gasteiger partial charge in [-0.05, 0) is 73.7 Å². The van der Waals surface area contributed by atoms with Crippen molar-refractivity contribution in [3.05, 3.63) is 29.3 Å². The number of thioether (sulfide) groups is 1. The van der Waals surface area contributed by atoms with Gasteiger partial charge in [-0.2, -0.15) is 0 Å². The highest BCUT2D eigenvalue weighted by molar-refractivity contribution is 8.00. The molecule has 0 bridgehead atoms. The lowest BCUT2D eigenvalue weighted by Crippen LogP contribution is -2.43. The average molecular weight is 304 g/mol. The van der Waals surface area contributed by atoms with Crippen molar-refractivity contribution in [3.8, 4) is 0 Å². The van der Waals surface area contributed by atoms with Crippen LogP contribution in [0, 0.1) is 5.41 Å². The minimum Gasteiger partial charge on any atom is -0.312 e. The average Bonchev–Trinajstić information content (AvgIpc) is 3.02. The van der Waals surface area contributed by atoms with Crippen LogP contribution < -0.4 is 5.32 Å². The fraction of sp³-hybridized carbons (Fsp3) is 0.684. The minimum absolute atomic E-state index is 0.434. The zero-order valence-corrected chi connectivity index (χ0v) is 14.6. The van der Waals surface area contributed by atoms with E-state index in [0.717, 1.165) is 11.8 Å². The maximum atomic E-state index is 3.82. The van der Waals surface area contributed by atoms with Gasteiger partial charge in [0.1, 0.15) is 0 Å². The van der Waals surface area contributed by atoms with Crippen LogP contribution in [0.1, 0.15) is 57.6 Å². The molecule has 1 aromatic carbocycles. The van der Waals surface area contributed by atoms with Gasteiger partial charge in [-0.25, -0.2) is 0 Å². The first-order chi connectivity index (χ1) is 10.1. The molecule has 2 aliphatic carbocycles. The largest absolute Gasteiger partial charge is 0.312 e. The Morgan fingerprint density at radius 2 is 2.05 bits per heavy atom. The van der Waals surface area contributed by atoms with Gasteiger partial charge in [0.2, 0.25) is 0 Å². The van der Waals surface area contributed by atoms with E-state index in [-0.39, 0.29) is 0 Å². The Kier molecular flexibility index (Phi) is 4.66. The molecular formula is C19H29NS. The SMILES string of the molecule is CCCNC1C(Sc2ccc3c(c2)CCC3)CCC1(C)C. The highest BCUT2D eigenvalue weighted by Gasteiger charge is 2.41. The van der Waals surface area contributed by atoms with Crippen LogP contribution in [0.4, 0.5) is 0 Å². The third kappa shape index (κ3) is 3.32. The van der Waals surface area contributed by atoms with Crippen LogP contribution in [0.5, 0.6) is 0 Å². The zero-order valence-electron chi connectivity index (χ0n) is 13.7. The van der Waals surface area contributed by atoms with Crippen molar-refractivity contribution in [2.75, 3.05) is 6.54 Å². The Morgan fingerprint density at radius 3 is 2.86 bits per heavy atom. The van der Waals surface area contributed by atoms with Gasteiger partial charge in [0.25, 0.3) is 0 Å². The van der Waals surface area contributed by atoms with Crippen LogP contribution in [-0.4, -0.2) is 17.8 Å². The lowest BCUT2D eigenvalue weighted by Gasteiger charge is -2.31. The molecule has 1 N–H and O–H groups in total. The van der Waals surface area contributed by atoms with Crippen LogP contribution in [0.15, 0.2) is 23.1 Å². The Labute approximate surface area is 134 Å². The highest BCUT2D eigenvalue weighted by Crippen LogP contribution is 2.45. The first kappa shape index (κ1) is 15.4. The highest BCUT2D eigenvalue weighted by atomic mass is 32.2. The maximum absolute atomic E-state index is 3.82. The van der Waals surface area contributed by atoms with Crippen LogP contribution in [0.25, 0.3) is 0 Å². The summed E-state index contributed by atoms with van der Waals surface area (Å²) in [6, 6.07) is 7.85. The predicted octanol–water partition coefficient (Wildman–Crippen LogP) is 4.82. The van der Waals surface area contributed by atoms with E-state index in [0.29, 0.717) is 11.5 Å². The van der Waals surface area contributed by atoms with E-state index in [1.54, 1.807) is 11.1 Å². The summed E-state index contributed by atoms with van der Waals surface area (Å²) in [5.41, 5.74) is 3.63. The number of hydrogen-bond donors (Lipinski definition) is 1. The molecule has 1 saturated carbocycles. The normalized spacial score (nSPS) is 27.0. The van der Waals surface area contributed by atoms with Crippen LogP contribution >= 0.6 is 11.8 Å². The molecule has 0 radical (unpaired) electrons. The quantitative estimate of drug-likeness (QED) is 0.836. The van der Waals surface area contributed by atoms with Crippen molar-refractivity contribution >= 4 is 11.8 Å². The second-order valence-electron chi connectivity index (χ2n) is 7.40. The van der Waals surface area contributed by atoms with Gasteiger partial charge in [-0.15, -0.1) is 11.8 Å². The summed E-state index contributed by atoms with van der Waals surface area (Å²) in [5, 5.41) is 4.55. The first-order valence-electron chi connectivity index (χ1n) is 8.62. The fourth-order valence-corrected chi connectivity index (χ4v) is 5.51. The number of benzene rings is 1. The third-order valence-corrected chi connectivity index (χ3v) is 6.60. The number of fused-ring (bicyclic) bond motifs is 1. The molecule has 3 rings (SSSR count). The second kappa shape index (κ2) is 6.34. The summed E-state index contributed by atoms with van der Waals surface area (Å²) < 4.78 is 0. The Balaban J connectivity index is 1.71. The molecule has 2 atom stereocenters. The number of nitrogens with one attached hydrogen (secondary N) is 1. The number of aryl methyl sites for hydroxylation is 2. The molecule has 21 heavy (non-hydrogen) atoms. The summed E-state index contributed by atoms with van der Waals surface area (Å²) in [6.07, 6.45) is 7.84. The third-order valence-electron chi connectivity index (χ3n) is 5.26. The Hall–Kier alpha value is -0.470. The van der Waals surface area contributed by atoms with Gasteiger partial charge >= 0.3 is 0 Å². The van der Waals surface area contributed by atoms with Gasteiger partial charge in [-0.1, -0.05) is 26.8 Å². The molecule has 0 heterocycles. The smallest absolute Gasteiger partial charge is 0.0253 e. The molecule has 0 aliphatic heterocycles. The van der Waals surface area contributed by atoms with E-state index in [1.165, 1.54) is 43.4 Å². The monoisotopic (exact) mass is 303 g/mol. The van der Waals surface area contributed by atoms with E-state index >= 15 is 0 Å².